The lowest BCUT2D eigenvalue weighted by atomic mass is 9.95. The summed E-state index contributed by atoms with van der Waals surface area (Å²) in [4.78, 5) is 17.4. The minimum Gasteiger partial charge on any atom is -0.379 e. The van der Waals surface area contributed by atoms with E-state index in [1.54, 1.807) is 13.0 Å². The Bertz CT molecular complexity index is 516. The number of nitrogens with one attached hydrogen (secondary N) is 1. The third kappa shape index (κ3) is 2.89. The van der Waals surface area contributed by atoms with E-state index < -0.39 is 5.60 Å². The molecule has 0 spiro atoms. The molecule has 0 saturated carbocycles. The second kappa shape index (κ2) is 5.61. The third-order valence-corrected chi connectivity index (χ3v) is 3.39. The highest BCUT2D eigenvalue weighted by Crippen LogP contribution is 2.29. The zero-order chi connectivity index (χ0) is 13.9. The second-order valence-corrected chi connectivity index (χ2v) is 5.18. The lowest BCUT2D eigenvalue weighted by molar-refractivity contribution is -0.141. The summed E-state index contributed by atoms with van der Waals surface area (Å²) in [6, 6.07) is 7.42. The van der Waals surface area contributed by atoms with E-state index in [4.69, 9.17) is 16.4 Å². The van der Waals surface area contributed by atoms with Crippen LogP contribution in [0.3, 0.4) is 0 Å². The second-order valence-electron chi connectivity index (χ2n) is 4.77. The SMILES string of the molecule is CCCNC(=O)[C@]1(C)CC(c2ccccc2Cl)=NO1. The van der Waals surface area contributed by atoms with E-state index in [2.05, 4.69) is 10.5 Å². The number of nitrogens with zero attached hydrogens (tertiary/aromatic N) is 1. The summed E-state index contributed by atoms with van der Waals surface area (Å²) in [6.07, 6.45) is 1.31. The molecule has 0 fully saturated rings. The first-order valence-electron chi connectivity index (χ1n) is 6.35. The summed E-state index contributed by atoms with van der Waals surface area (Å²) in [6.45, 7) is 4.38. The highest BCUT2D eigenvalue weighted by molar-refractivity contribution is 6.34. The summed E-state index contributed by atoms with van der Waals surface area (Å²) in [5.74, 6) is -0.139. The molecule has 1 atom stereocenters. The molecule has 4 nitrogen and oxygen atoms in total. The molecule has 0 saturated heterocycles. The summed E-state index contributed by atoms with van der Waals surface area (Å²) in [5, 5.41) is 7.47. The standard InChI is InChI=1S/C14H17ClN2O2/c1-3-8-16-13(18)14(2)9-12(17-19-14)10-6-4-5-7-11(10)15/h4-7H,3,8-9H2,1-2H3,(H,16,18)/t14-/m0/s1. The predicted octanol–water partition coefficient (Wildman–Crippen LogP) is 2.75. The zero-order valence-electron chi connectivity index (χ0n) is 11.1. The van der Waals surface area contributed by atoms with Gasteiger partial charge in [0.05, 0.1) is 5.71 Å². The van der Waals surface area contributed by atoms with Crippen molar-refractivity contribution in [3.05, 3.63) is 34.9 Å². The van der Waals surface area contributed by atoms with Crippen LogP contribution in [-0.4, -0.2) is 23.8 Å². The smallest absolute Gasteiger partial charge is 0.267 e. The molecule has 2 rings (SSSR count). The van der Waals surface area contributed by atoms with Crippen molar-refractivity contribution in [2.24, 2.45) is 5.16 Å². The van der Waals surface area contributed by atoms with Gasteiger partial charge in [-0.05, 0) is 19.4 Å². The van der Waals surface area contributed by atoms with Crippen molar-refractivity contribution in [2.45, 2.75) is 32.3 Å². The van der Waals surface area contributed by atoms with Crippen molar-refractivity contribution in [1.82, 2.24) is 5.32 Å². The van der Waals surface area contributed by atoms with Gasteiger partial charge in [0.25, 0.3) is 5.91 Å². The fourth-order valence-electron chi connectivity index (χ4n) is 1.93. The number of rotatable bonds is 4. The van der Waals surface area contributed by atoms with E-state index in [9.17, 15) is 4.79 Å². The van der Waals surface area contributed by atoms with Gasteiger partial charge in [-0.25, -0.2) is 0 Å². The predicted molar refractivity (Wildman–Crippen MR) is 75.4 cm³/mol. The number of carbonyl (C=O) groups is 1. The van der Waals surface area contributed by atoms with Gasteiger partial charge in [-0.15, -0.1) is 0 Å². The van der Waals surface area contributed by atoms with Gasteiger partial charge in [-0.1, -0.05) is 41.9 Å². The molecule has 1 aromatic rings. The molecule has 1 aromatic carbocycles. The van der Waals surface area contributed by atoms with Crippen LogP contribution in [0.15, 0.2) is 29.4 Å². The Morgan fingerprint density at radius 3 is 2.95 bits per heavy atom. The van der Waals surface area contributed by atoms with Crippen LogP contribution in [-0.2, 0) is 9.63 Å². The first-order chi connectivity index (χ1) is 9.07. The van der Waals surface area contributed by atoms with Crippen molar-refractivity contribution in [3.63, 3.8) is 0 Å². The van der Waals surface area contributed by atoms with Gasteiger partial charge >= 0.3 is 0 Å². The summed E-state index contributed by atoms with van der Waals surface area (Å²) in [7, 11) is 0. The molecule has 0 bridgehead atoms. The molecular weight excluding hydrogens is 264 g/mol. The molecule has 102 valence electrons. The Kier molecular flexibility index (Phi) is 4.10. The summed E-state index contributed by atoms with van der Waals surface area (Å²) in [5.41, 5.74) is 0.583. The van der Waals surface area contributed by atoms with Crippen LogP contribution in [0.5, 0.6) is 0 Å². The van der Waals surface area contributed by atoms with E-state index >= 15 is 0 Å². The van der Waals surface area contributed by atoms with Gasteiger partial charge in [-0.2, -0.15) is 0 Å². The molecule has 1 amide bonds. The topological polar surface area (TPSA) is 50.7 Å². The van der Waals surface area contributed by atoms with Crippen LogP contribution in [0.25, 0.3) is 0 Å². The Labute approximate surface area is 117 Å². The zero-order valence-corrected chi connectivity index (χ0v) is 11.8. The van der Waals surface area contributed by atoms with Gasteiger partial charge in [-0.3, -0.25) is 4.79 Å². The molecule has 19 heavy (non-hydrogen) atoms. The normalized spacial score (nSPS) is 21.7. The number of oxime groups is 1. The highest BCUT2D eigenvalue weighted by atomic mass is 35.5. The van der Waals surface area contributed by atoms with Gasteiger partial charge in [0, 0.05) is 23.6 Å². The van der Waals surface area contributed by atoms with Crippen LogP contribution >= 0.6 is 11.6 Å². The molecule has 1 N–H and O–H groups in total. The van der Waals surface area contributed by atoms with Crippen LogP contribution < -0.4 is 5.32 Å². The number of amides is 1. The van der Waals surface area contributed by atoms with E-state index in [1.165, 1.54) is 0 Å². The summed E-state index contributed by atoms with van der Waals surface area (Å²) >= 11 is 6.12. The van der Waals surface area contributed by atoms with Crippen molar-refractivity contribution in [1.29, 1.82) is 0 Å². The van der Waals surface area contributed by atoms with Crippen LogP contribution in [0, 0.1) is 0 Å². The van der Waals surface area contributed by atoms with E-state index in [1.807, 2.05) is 25.1 Å². The fourth-order valence-corrected chi connectivity index (χ4v) is 2.17. The number of benzene rings is 1. The Hall–Kier alpha value is -1.55. The number of halogens is 1. The first-order valence-corrected chi connectivity index (χ1v) is 6.73. The minimum absolute atomic E-state index is 0.139. The molecule has 0 aliphatic carbocycles. The molecule has 0 unspecified atom stereocenters. The van der Waals surface area contributed by atoms with Crippen LogP contribution in [0.2, 0.25) is 5.02 Å². The maximum atomic E-state index is 12.0. The number of hydrogen-bond donors (Lipinski definition) is 1. The van der Waals surface area contributed by atoms with Crippen molar-refractivity contribution in [3.8, 4) is 0 Å². The lowest BCUT2D eigenvalue weighted by Gasteiger charge is -2.20. The Balaban J connectivity index is 2.10. The maximum Gasteiger partial charge on any atom is 0.267 e. The molecular formula is C14H17ClN2O2. The van der Waals surface area contributed by atoms with Gasteiger partial charge in [0.15, 0.2) is 0 Å². The van der Waals surface area contributed by atoms with Crippen LogP contribution in [0.1, 0.15) is 32.3 Å². The van der Waals surface area contributed by atoms with Gasteiger partial charge in [0.1, 0.15) is 0 Å². The number of hydrogen-bond acceptors (Lipinski definition) is 3. The van der Waals surface area contributed by atoms with Crippen molar-refractivity contribution < 1.29 is 9.63 Å². The van der Waals surface area contributed by atoms with Gasteiger partial charge in [0.2, 0.25) is 5.60 Å². The quantitative estimate of drug-likeness (QED) is 0.922. The van der Waals surface area contributed by atoms with E-state index in [0.29, 0.717) is 23.7 Å². The molecule has 5 heteroatoms. The summed E-state index contributed by atoms with van der Waals surface area (Å²) < 4.78 is 0. The van der Waals surface area contributed by atoms with Crippen molar-refractivity contribution >= 4 is 23.2 Å². The molecule has 0 aromatic heterocycles. The Morgan fingerprint density at radius 1 is 1.53 bits per heavy atom. The monoisotopic (exact) mass is 280 g/mol. The van der Waals surface area contributed by atoms with Crippen molar-refractivity contribution in [2.75, 3.05) is 6.54 Å². The van der Waals surface area contributed by atoms with Gasteiger partial charge < -0.3 is 10.2 Å². The largest absolute Gasteiger partial charge is 0.379 e. The lowest BCUT2D eigenvalue weighted by Crippen LogP contribution is -2.45. The molecule has 1 aliphatic rings. The first kappa shape index (κ1) is 13.9. The highest BCUT2D eigenvalue weighted by Gasteiger charge is 2.42. The van der Waals surface area contributed by atoms with E-state index in [0.717, 1.165) is 12.0 Å². The Morgan fingerprint density at radius 2 is 2.26 bits per heavy atom. The fraction of sp³-hybridized carbons (Fsp3) is 0.429. The molecule has 0 radical (unpaired) electrons. The molecule has 1 heterocycles. The molecule has 1 aliphatic heterocycles. The average Bonchev–Trinajstić information content (AvgIpc) is 2.80. The number of carbonyl (C=O) groups excluding carboxylic acids is 1. The third-order valence-electron chi connectivity index (χ3n) is 3.06. The van der Waals surface area contributed by atoms with Crippen LogP contribution in [0.4, 0.5) is 0 Å². The minimum atomic E-state index is -0.941. The maximum absolute atomic E-state index is 12.0. The average molecular weight is 281 g/mol. The van der Waals surface area contributed by atoms with E-state index in [-0.39, 0.29) is 5.91 Å².